The lowest BCUT2D eigenvalue weighted by Gasteiger charge is -2.37. The summed E-state index contributed by atoms with van der Waals surface area (Å²) in [7, 11) is 0. The number of nitrogens with zero attached hydrogens (tertiary/aromatic N) is 2. The van der Waals surface area contributed by atoms with Crippen molar-refractivity contribution in [2.24, 2.45) is 0 Å². The average Bonchev–Trinajstić information content (AvgIpc) is 3.41. The molecule has 2 aliphatic rings. The van der Waals surface area contributed by atoms with Gasteiger partial charge in [-0.1, -0.05) is 36.4 Å². The molecule has 0 radical (unpaired) electrons. The minimum atomic E-state index is -0.488. The van der Waals surface area contributed by atoms with Gasteiger partial charge in [0, 0.05) is 42.9 Å². The third kappa shape index (κ3) is 3.72. The normalized spacial score (nSPS) is 16.6. The quantitative estimate of drug-likeness (QED) is 0.506. The van der Waals surface area contributed by atoms with Crippen LogP contribution in [0.15, 0.2) is 65.3 Å². The summed E-state index contributed by atoms with van der Waals surface area (Å²) in [6.07, 6.45) is 1.47. The van der Waals surface area contributed by atoms with Gasteiger partial charge in [-0.15, -0.1) is 0 Å². The highest BCUT2D eigenvalue weighted by molar-refractivity contribution is 6.30. The van der Waals surface area contributed by atoms with E-state index < -0.39 is 6.04 Å². The number of carbonyl (C=O) groups is 4. The molecule has 1 fully saturated rings. The summed E-state index contributed by atoms with van der Waals surface area (Å²) < 4.78 is 5.19. The van der Waals surface area contributed by atoms with E-state index in [-0.39, 0.29) is 28.9 Å². The Morgan fingerprint density at radius 2 is 1.53 bits per heavy atom. The number of hydrogen-bond acceptors (Lipinski definition) is 6. The van der Waals surface area contributed by atoms with Crippen LogP contribution < -0.4 is 5.32 Å². The van der Waals surface area contributed by atoms with Gasteiger partial charge in [-0.3, -0.25) is 24.1 Å². The van der Waals surface area contributed by atoms with Gasteiger partial charge >= 0.3 is 0 Å². The highest BCUT2D eigenvalue weighted by Crippen LogP contribution is 2.32. The second kappa shape index (κ2) is 8.72. The lowest BCUT2D eigenvalue weighted by molar-refractivity contribution is -0.121. The van der Waals surface area contributed by atoms with Crippen molar-refractivity contribution in [3.63, 3.8) is 0 Å². The monoisotopic (exact) mass is 457 g/mol. The maximum absolute atomic E-state index is 13.2. The average molecular weight is 457 g/mol. The molecule has 34 heavy (non-hydrogen) atoms. The van der Waals surface area contributed by atoms with Gasteiger partial charge in [0.2, 0.25) is 5.91 Å². The zero-order valence-corrected chi connectivity index (χ0v) is 18.6. The third-order valence-corrected chi connectivity index (χ3v) is 6.47. The Morgan fingerprint density at radius 1 is 0.853 bits per heavy atom. The molecule has 2 aromatic carbocycles. The number of carbonyl (C=O) groups excluding carboxylic acids is 4. The van der Waals surface area contributed by atoms with Gasteiger partial charge in [0.05, 0.1) is 23.6 Å². The van der Waals surface area contributed by atoms with Crippen LogP contribution in [0.5, 0.6) is 0 Å². The fraction of sp³-hybridized carbons (Fsp3) is 0.231. The number of rotatable bonds is 4. The molecule has 1 aliphatic carbocycles. The van der Waals surface area contributed by atoms with Gasteiger partial charge in [-0.2, -0.15) is 0 Å². The van der Waals surface area contributed by atoms with E-state index in [0.29, 0.717) is 54.3 Å². The number of fused-ring (bicyclic) bond motifs is 2. The number of piperazine rings is 1. The number of hydrogen-bond donors (Lipinski definition) is 1. The Morgan fingerprint density at radius 3 is 2.21 bits per heavy atom. The molecule has 1 aliphatic heterocycles. The second-order valence-electron chi connectivity index (χ2n) is 8.40. The van der Waals surface area contributed by atoms with Crippen molar-refractivity contribution in [2.45, 2.75) is 13.0 Å². The molecule has 1 unspecified atom stereocenters. The van der Waals surface area contributed by atoms with Crippen LogP contribution in [0.1, 0.15) is 49.3 Å². The minimum absolute atomic E-state index is 0.166. The number of ketones is 2. The largest absolute Gasteiger partial charge is 0.459 e. The van der Waals surface area contributed by atoms with E-state index in [2.05, 4.69) is 5.32 Å². The van der Waals surface area contributed by atoms with E-state index in [1.165, 1.54) is 6.26 Å². The Bertz CT molecular complexity index is 1290. The molecular weight excluding hydrogens is 434 g/mol. The second-order valence-corrected chi connectivity index (χ2v) is 8.40. The molecule has 2 heterocycles. The van der Waals surface area contributed by atoms with Crippen molar-refractivity contribution in [3.05, 3.63) is 88.9 Å². The van der Waals surface area contributed by atoms with Gasteiger partial charge in [0.25, 0.3) is 5.91 Å². The summed E-state index contributed by atoms with van der Waals surface area (Å²) in [5, 5.41) is 2.86. The first kappa shape index (κ1) is 21.8. The number of furan rings is 1. The molecular formula is C26H23N3O5. The summed E-state index contributed by atoms with van der Waals surface area (Å²) >= 11 is 0. The summed E-state index contributed by atoms with van der Waals surface area (Å²) in [4.78, 5) is 55.3. The van der Waals surface area contributed by atoms with Crippen LogP contribution in [0.3, 0.4) is 0 Å². The summed E-state index contributed by atoms with van der Waals surface area (Å²) in [6.45, 7) is 3.79. The summed E-state index contributed by atoms with van der Waals surface area (Å²) in [5.41, 5.74) is 1.56. The van der Waals surface area contributed by atoms with Crippen LogP contribution in [-0.4, -0.2) is 65.4 Å². The Kier molecular flexibility index (Phi) is 5.59. The van der Waals surface area contributed by atoms with Gasteiger partial charge < -0.3 is 14.6 Å². The fourth-order valence-electron chi connectivity index (χ4n) is 4.52. The molecule has 8 nitrogen and oxygen atoms in total. The van der Waals surface area contributed by atoms with Gasteiger partial charge in [-0.25, -0.2) is 0 Å². The smallest absolute Gasteiger partial charge is 0.289 e. The van der Waals surface area contributed by atoms with E-state index in [1.54, 1.807) is 66.4 Å². The Hall–Kier alpha value is -4.04. The highest BCUT2D eigenvalue weighted by Gasteiger charge is 2.33. The Labute approximate surface area is 196 Å². The molecule has 0 saturated carbocycles. The lowest BCUT2D eigenvalue weighted by atomic mass is 9.83. The molecule has 1 N–H and O–H groups in total. The van der Waals surface area contributed by atoms with Crippen LogP contribution in [0.4, 0.5) is 5.69 Å². The number of benzene rings is 2. The van der Waals surface area contributed by atoms with E-state index in [0.717, 1.165) is 0 Å². The zero-order valence-electron chi connectivity index (χ0n) is 18.6. The fourth-order valence-corrected chi connectivity index (χ4v) is 4.52. The summed E-state index contributed by atoms with van der Waals surface area (Å²) in [6, 6.07) is 14.5. The van der Waals surface area contributed by atoms with Crippen LogP contribution in [0.2, 0.25) is 0 Å². The van der Waals surface area contributed by atoms with E-state index >= 15 is 0 Å². The SMILES string of the molecule is CC(C(=O)Nc1cccc2c1C(=O)c1ccccc1C2=O)N1CCN(C(=O)c2ccco2)CC1. The first-order valence-electron chi connectivity index (χ1n) is 11.1. The van der Waals surface area contributed by atoms with Gasteiger partial charge in [0.15, 0.2) is 17.3 Å². The van der Waals surface area contributed by atoms with Crippen LogP contribution >= 0.6 is 0 Å². The first-order valence-corrected chi connectivity index (χ1v) is 11.1. The van der Waals surface area contributed by atoms with Gasteiger partial charge in [-0.05, 0) is 25.1 Å². The molecule has 8 heteroatoms. The molecule has 5 rings (SSSR count). The van der Waals surface area contributed by atoms with Crippen molar-refractivity contribution in [1.29, 1.82) is 0 Å². The topological polar surface area (TPSA) is 99.9 Å². The van der Waals surface area contributed by atoms with E-state index in [1.807, 2.05) is 4.90 Å². The molecule has 3 aromatic rings. The Balaban J connectivity index is 1.29. The van der Waals surface area contributed by atoms with Crippen LogP contribution in [0.25, 0.3) is 0 Å². The van der Waals surface area contributed by atoms with Crippen molar-refractivity contribution in [2.75, 3.05) is 31.5 Å². The van der Waals surface area contributed by atoms with E-state index in [9.17, 15) is 19.2 Å². The molecule has 1 aromatic heterocycles. The van der Waals surface area contributed by atoms with Crippen molar-refractivity contribution in [3.8, 4) is 0 Å². The van der Waals surface area contributed by atoms with Crippen LogP contribution in [-0.2, 0) is 4.79 Å². The number of nitrogens with one attached hydrogen (secondary N) is 1. The van der Waals surface area contributed by atoms with Crippen LogP contribution in [0, 0.1) is 0 Å². The summed E-state index contributed by atoms with van der Waals surface area (Å²) in [5.74, 6) is -0.654. The zero-order chi connectivity index (χ0) is 23.8. The standard InChI is InChI=1S/C26H23N3O5/c1-16(28-11-13-29(14-12-28)26(33)21-10-5-15-34-21)25(32)27-20-9-4-8-19-22(20)24(31)18-7-3-2-6-17(18)23(19)30/h2-10,15-16H,11-14H2,1H3,(H,27,32). The predicted octanol–water partition coefficient (Wildman–Crippen LogP) is 2.84. The maximum Gasteiger partial charge on any atom is 0.289 e. The van der Waals surface area contributed by atoms with Gasteiger partial charge in [0.1, 0.15) is 0 Å². The lowest BCUT2D eigenvalue weighted by Crippen LogP contribution is -2.54. The molecule has 2 amide bonds. The first-order chi connectivity index (χ1) is 16.5. The minimum Gasteiger partial charge on any atom is -0.459 e. The molecule has 172 valence electrons. The molecule has 0 spiro atoms. The molecule has 0 bridgehead atoms. The number of amides is 2. The predicted molar refractivity (Wildman–Crippen MR) is 124 cm³/mol. The van der Waals surface area contributed by atoms with Crippen molar-refractivity contribution >= 4 is 29.1 Å². The van der Waals surface area contributed by atoms with E-state index in [4.69, 9.17) is 4.42 Å². The maximum atomic E-state index is 13.2. The number of anilines is 1. The highest BCUT2D eigenvalue weighted by atomic mass is 16.3. The van der Waals surface area contributed by atoms with Crippen molar-refractivity contribution < 1.29 is 23.6 Å². The van der Waals surface area contributed by atoms with Crippen molar-refractivity contribution in [1.82, 2.24) is 9.80 Å². The molecule has 1 saturated heterocycles. The molecule has 1 atom stereocenters. The third-order valence-electron chi connectivity index (χ3n) is 6.47.